The maximum absolute atomic E-state index is 13.1. The molecule has 3 aromatic rings. The third kappa shape index (κ3) is 3.01. The van der Waals surface area contributed by atoms with E-state index in [1.54, 1.807) is 0 Å². The van der Waals surface area contributed by atoms with Gasteiger partial charge in [0.05, 0.1) is 5.92 Å². The minimum absolute atomic E-state index is 0.00608. The lowest BCUT2D eigenvalue weighted by Crippen LogP contribution is -2.29. The molecule has 2 atom stereocenters. The predicted octanol–water partition coefficient (Wildman–Crippen LogP) is 3.71. The van der Waals surface area contributed by atoms with Gasteiger partial charge in [-0.05, 0) is 31.0 Å². The normalized spacial score (nSPS) is 19.7. The second-order valence-corrected chi connectivity index (χ2v) is 6.83. The summed E-state index contributed by atoms with van der Waals surface area (Å²) < 4.78 is 5.46. The van der Waals surface area contributed by atoms with Gasteiger partial charge in [-0.2, -0.15) is 4.98 Å². The molecule has 1 aliphatic rings. The Balaban J connectivity index is 1.67. The summed E-state index contributed by atoms with van der Waals surface area (Å²) in [6, 6.07) is 18.0. The third-order valence-electron chi connectivity index (χ3n) is 5.07. The molecular weight excluding hydrogens is 326 g/mol. The van der Waals surface area contributed by atoms with E-state index in [0.29, 0.717) is 24.8 Å². The van der Waals surface area contributed by atoms with E-state index in [0.717, 1.165) is 11.1 Å². The van der Waals surface area contributed by atoms with Crippen molar-refractivity contribution in [2.45, 2.75) is 25.7 Å². The van der Waals surface area contributed by atoms with Crippen LogP contribution >= 0.6 is 0 Å². The summed E-state index contributed by atoms with van der Waals surface area (Å²) in [5, 5.41) is 3.94. The lowest BCUT2D eigenvalue weighted by Gasteiger charge is -2.17. The van der Waals surface area contributed by atoms with Crippen molar-refractivity contribution in [3.8, 4) is 0 Å². The van der Waals surface area contributed by atoms with Crippen LogP contribution in [0.15, 0.2) is 59.1 Å². The molecule has 26 heavy (non-hydrogen) atoms. The fourth-order valence-corrected chi connectivity index (χ4v) is 3.70. The highest BCUT2D eigenvalue weighted by molar-refractivity contribution is 5.96. The molecule has 2 aromatic carbocycles. The summed E-state index contributed by atoms with van der Waals surface area (Å²) in [7, 11) is 0. The Labute approximate surface area is 152 Å². The number of amides is 1. The molecule has 0 spiro atoms. The average molecular weight is 347 g/mol. The fraction of sp³-hybridized carbons (Fsp3) is 0.286. The zero-order valence-electron chi connectivity index (χ0n) is 14.9. The van der Waals surface area contributed by atoms with Gasteiger partial charge in [-0.25, -0.2) is 0 Å². The number of benzene rings is 2. The minimum atomic E-state index is 0.00608. The minimum Gasteiger partial charge on any atom is -0.339 e. The number of likely N-dealkylation sites (tertiary alicyclic amines) is 1. The molecule has 1 aliphatic heterocycles. The van der Waals surface area contributed by atoms with E-state index in [2.05, 4.69) is 22.3 Å². The fourth-order valence-electron chi connectivity index (χ4n) is 3.70. The summed E-state index contributed by atoms with van der Waals surface area (Å²) in [6.45, 7) is 5.00. The molecule has 2 heterocycles. The van der Waals surface area contributed by atoms with Crippen molar-refractivity contribution < 1.29 is 9.32 Å². The van der Waals surface area contributed by atoms with Crippen molar-refractivity contribution in [2.24, 2.45) is 0 Å². The van der Waals surface area contributed by atoms with Crippen LogP contribution in [0.5, 0.6) is 0 Å². The average Bonchev–Trinajstić information content (AvgIpc) is 3.29. The van der Waals surface area contributed by atoms with Crippen LogP contribution < -0.4 is 0 Å². The summed E-state index contributed by atoms with van der Waals surface area (Å²) in [5.41, 5.74) is 2.93. The highest BCUT2D eigenvalue weighted by Gasteiger charge is 2.40. The molecular formula is C21H21N3O2. The van der Waals surface area contributed by atoms with Gasteiger partial charge in [-0.1, -0.05) is 53.7 Å². The van der Waals surface area contributed by atoms with Crippen LogP contribution in [0.1, 0.15) is 45.0 Å². The zero-order valence-corrected chi connectivity index (χ0v) is 14.9. The second-order valence-electron chi connectivity index (χ2n) is 6.83. The van der Waals surface area contributed by atoms with Gasteiger partial charge < -0.3 is 9.42 Å². The number of nitrogens with zero attached hydrogens (tertiary/aromatic N) is 3. The number of carbonyl (C=O) groups is 1. The van der Waals surface area contributed by atoms with Gasteiger partial charge >= 0.3 is 0 Å². The Morgan fingerprint density at radius 1 is 1.00 bits per heavy atom. The Kier molecular flexibility index (Phi) is 4.29. The molecule has 5 heteroatoms. The van der Waals surface area contributed by atoms with Gasteiger partial charge in [0.2, 0.25) is 5.89 Å². The Morgan fingerprint density at radius 2 is 1.69 bits per heavy atom. The summed E-state index contributed by atoms with van der Waals surface area (Å²) in [6.07, 6.45) is 0. The van der Waals surface area contributed by atoms with E-state index in [1.165, 1.54) is 5.56 Å². The van der Waals surface area contributed by atoms with Gasteiger partial charge in [0.1, 0.15) is 0 Å². The standard InChI is InChI=1S/C21H21N3O2/c1-14-8-6-7-11-17(14)21(25)24-12-18(16-9-4-3-5-10-16)19(13-24)20-22-15(2)23-26-20/h3-11,18-19H,12-13H2,1-2H3/t18-,19+/m0/s1. The molecule has 132 valence electrons. The molecule has 0 unspecified atom stereocenters. The highest BCUT2D eigenvalue weighted by Crippen LogP contribution is 2.39. The first kappa shape index (κ1) is 16.5. The first-order valence-electron chi connectivity index (χ1n) is 8.83. The van der Waals surface area contributed by atoms with Crippen LogP contribution in [-0.4, -0.2) is 34.0 Å². The molecule has 5 nitrogen and oxygen atoms in total. The van der Waals surface area contributed by atoms with Crippen LogP contribution in [-0.2, 0) is 0 Å². The topological polar surface area (TPSA) is 59.2 Å². The van der Waals surface area contributed by atoms with Crippen molar-refractivity contribution in [2.75, 3.05) is 13.1 Å². The van der Waals surface area contributed by atoms with Gasteiger partial charge in [-0.15, -0.1) is 0 Å². The Morgan fingerprint density at radius 3 is 2.38 bits per heavy atom. The SMILES string of the molecule is Cc1noc([C@@H]2CN(C(=O)c3ccccc3C)C[C@H]2c2ccccc2)n1. The largest absolute Gasteiger partial charge is 0.339 e. The lowest BCUT2D eigenvalue weighted by molar-refractivity contribution is 0.0787. The molecule has 1 amide bonds. The number of aromatic nitrogens is 2. The highest BCUT2D eigenvalue weighted by atomic mass is 16.5. The van der Waals surface area contributed by atoms with Crippen molar-refractivity contribution in [3.05, 3.63) is 83.0 Å². The van der Waals surface area contributed by atoms with E-state index in [4.69, 9.17) is 4.52 Å². The first-order chi connectivity index (χ1) is 12.6. The molecule has 0 radical (unpaired) electrons. The number of aryl methyl sites for hydroxylation is 2. The molecule has 0 saturated carbocycles. The van der Waals surface area contributed by atoms with Gasteiger partial charge in [0.15, 0.2) is 5.82 Å². The van der Waals surface area contributed by atoms with Crippen LogP contribution in [0.4, 0.5) is 0 Å². The molecule has 0 N–H and O–H groups in total. The van der Waals surface area contributed by atoms with E-state index in [-0.39, 0.29) is 17.7 Å². The maximum Gasteiger partial charge on any atom is 0.254 e. The van der Waals surface area contributed by atoms with Crippen LogP contribution in [0.25, 0.3) is 0 Å². The predicted molar refractivity (Wildman–Crippen MR) is 98.0 cm³/mol. The smallest absolute Gasteiger partial charge is 0.254 e. The van der Waals surface area contributed by atoms with Crippen LogP contribution in [0.2, 0.25) is 0 Å². The third-order valence-corrected chi connectivity index (χ3v) is 5.07. The first-order valence-corrected chi connectivity index (χ1v) is 8.83. The van der Waals surface area contributed by atoms with E-state index < -0.39 is 0 Å². The van der Waals surface area contributed by atoms with Gasteiger partial charge in [0.25, 0.3) is 5.91 Å². The van der Waals surface area contributed by atoms with E-state index in [9.17, 15) is 4.79 Å². The maximum atomic E-state index is 13.1. The van der Waals surface area contributed by atoms with Crippen LogP contribution in [0.3, 0.4) is 0 Å². The molecule has 0 bridgehead atoms. The monoisotopic (exact) mass is 347 g/mol. The number of hydrogen-bond acceptors (Lipinski definition) is 4. The Hall–Kier alpha value is -2.95. The molecule has 0 aliphatic carbocycles. The quantitative estimate of drug-likeness (QED) is 0.725. The summed E-state index contributed by atoms with van der Waals surface area (Å²) >= 11 is 0. The molecule has 1 aromatic heterocycles. The van der Waals surface area contributed by atoms with Crippen molar-refractivity contribution in [3.63, 3.8) is 0 Å². The summed E-state index contributed by atoms with van der Waals surface area (Å²) in [4.78, 5) is 19.4. The number of rotatable bonds is 3. The van der Waals surface area contributed by atoms with Crippen molar-refractivity contribution in [1.29, 1.82) is 0 Å². The second kappa shape index (κ2) is 6.75. The summed E-state index contributed by atoms with van der Waals surface area (Å²) in [5.74, 6) is 1.44. The lowest BCUT2D eigenvalue weighted by atomic mass is 9.89. The molecule has 1 fully saturated rings. The van der Waals surface area contributed by atoms with Gasteiger partial charge in [0, 0.05) is 24.6 Å². The zero-order chi connectivity index (χ0) is 18.1. The molecule has 1 saturated heterocycles. The van der Waals surface area contributed by atoms with Crippen molar-refractivity contribution in [1.82, 2.24) is 15.0 Å². The molecule has 4 rings (SSSR count). The van der Waals surface area contributed by atoms with Crippen LogP contribution in [0, 0.1) is 13.8 Å². The Bertz CT molecular complexity index is 920. The number of carbonyl (C=O) groups excluding carboxylic acids is 1. The van der Waals surface area contributed by atoms with Gasteiger partial charge in [-0.3, -0.25) is 4.79 Å². The van der Waals surface area contributed by atoms with E-state index >= 15 is 0 Å². The van der Waals surface area contributed by atoms with E-state index in [1.807, 2.05) is 61.2 Å². The number of hydrogen-bond donors (Lipinski definition) is 0. The van der Waals surface area contributed by atoms with Crippen molar-refractivity contribution >= 4 is 5.91 Å².